The quantitative estimate of drug-likeness (QED) is 0.272. The van der Waals surface area contributed by atoms with E-state index in [4.69, 9.17) is 19.6 Å². The third-order valence-corrected chi connectivity index (χ3v) is 4.98. The molecule has 1 rings (SSSR count). The van der Waals surface area contributed by atoms with E-state index in [9.17, 15) is 20.4 Å². The Hall–Kier alpha value is 0.500. The fourth-order valence-corrected chi connectivity index (χ4v) is 2.97. The summed E-state index contributed by atoms with van der Waals surface area (Å²) < 4.78 is 3.60. The van der Waals surface area contributed by atoms with Crippen LogP contribution in [0, 0.1) is 11.3 Å². The van der Waals surface area contributed by atoms with Crippen LogP contribution in [-0.2, 0) is 4.31 Å². The van der Waals surface area contributed by atoms with Crippen LogP contribution in [0.2, 0.25) is 0 Å². The highest BCUT2D eigenvalue weighted by molar-refractivity contribution is 7.53. The number of hydrogen-bond donors (Lipinski definition) is 8. The number of aliphatic hydroxyl groups is 4. The molecule has 0 saturated heterocycles. The van der Waals surface area contributed by atoms with Gasteiger partial charge in [-0.2, -0.15) is 0 Å². The van der Waals surface area contributed by atoms with Gasteiger partial charge in [0.05, 0.1) is 31.3 Å². The van der Waals surface area contributed by atoms with Crippen molar-refractivity contribution in [1.29, 1.82) is 0 Å². The van der Waals surface area contributed by atoms with E-state index in [1.807, 2.05) is 0 Å². The van der Waals surface area contributed by atoms with E-state index >= 15 is 0 Å². The predicted molar refractivity (Wildman–Crippen MR) is 80.1 cm³/mol. The second kappa shape index (κ2) is 11.9. The van der Waals surface area contributed by atoms with Gasteiger partial charge in [-0.3, -0.25) is 0 Å². The molecule has 0 heterocycles. The van der Waals surface area contributed by atoms with Crippen molar-refractivity contribution in [3.05, 3.63) is 0 Å². The van der Waals surface area contributed by atoms with Gasteiger partial charge in [0.25, 0.3) is 0 Å². The molecule has 0 aromatic carbocycles. The number of aliphatic hydroxyl groups excluding tert-OH is 4. The van der Waals surface area contributed by atoms with E-state index < -0.39 is 28.7 Å². The maximum atomic E-state index is 10.1. The van der Waals surface area contributed by atoms with Gasteiger partial charge in [0, 0.05) is 0 Å². The Kier molecular flexibility index (Phi) is 12.2. The van der Waals surface area contributed by atoms with Crippen LogP contribution in [0.15, 0.2) is 0 Å². The van der Waals surface area contributed by atoms with Gasteiger partial charge >= 0.3 is 17.2 Å². The maximum absolute atomic E-state index is 10.1. The van der Waals surface area contributed by atoms with Gasteiger partial charge in [-0.15, -0.1) is 0 Å². The Balaban J connectivity index is 0.000000534. The van der Waals surface area contributed by atoms with Crippen molar-refractivity contribution in [2.24, 2.45) is 11.3 Å². The molecule has 0 bridgehead atoms. The molecule has 134 valence electrons. The number of rotatable bonds is 7. The van der Waals surface area contributed by atoms with Gasteiger partial charge in [0.15, 0.2) is 0 Å². The first-order valence-corrected chi connectivity index (χ1v) is 9.20. The first-order chi connectivity index (χ1) is 10.3. The van der Waals surface area contributed by atoms with Crippen molar-refractivity contribution in [1.82, 2.24) is 0 Å². The monoisotopic (exact) mass is 364 g/mol. The fourth-order valence-electron chi connectivity index (χ4n) is 2.45. The third-order valence-electron chi connectivity index (χ3n) is 3.81. The summed E-state index contributed by atoms with van der Waals surface area (Å²) in [5.41, 5.74) is -1.14. The summed E-state index contributed by atoms with van der Waals surface area (Å²) in [5.74, 6) is 0.102. The summed E-state index contributed by atoms with van der Waals surface area (Å²) in [6.45, 7) is -1.13. The minimum absolute atomic E-state index is 0.102. The fraction of sp³-hybridized carbons (Fsp3) is 1.00. The zero-order valence-electron chi connectivity index (χ0n) is 12.2. The van der Waals surface area contributed by atoms with E-state index in [0.29, 0.717) is 0 Å². The lowest BCUT2D eigenvalue weighted by Gasteiger charge is -2.39. The highest BCUT2D eigenvalue weighted by atomic mass is 31.2. The van der Waals surface area contributed by atoms with Gasteiger partial charge in [0.1, 0.15) is 0 Å². The average Bonchev–Trinajstić information content (AvgIpc) is 2.49. The lowest BCUT2D eigenvalue weighted by molar-refractivity contribution is -0.111. The van der Waals surface area contributed by atoms with Gasteiger partial charge in [-0.25, -0.2) is 4.31 Å². The van der Waals surface area contributed by atoms with E-state index in [1.165, 1.54) is 6.42 Å². The standard InChI is InChI=1S/C11H22O4.H4O5P2/c12-6-11(7-13,8-14)10(15)9-4-2-1-3-5-9;1-6(2)5-7(3)4/h9-10,12-15H,1-8H2;1-4H. The Morgan fingerprint density at radius 2 is 1.27 bits per heavy atom. The van der Waals surface area contributed by atoms with Crippen LogP contribution in [0.1, 0.15) is 32.1 Å². The molecule has 11 heteroatoms. The lowest BCUT2D eigenvalue weighted by atomic mass is 9.73. The molecular weight excluding hydrogens is 338 g/mol. The molecule has 1 unspecified atom stereocenters. The zero-order valence-corrected chi connectivity index (χ0v) is 14.0. The molecule has 1 fully saturated rings. The second-order valence-electron chi connectivity index (χ2n) is 5.27. The van der Waals surface area contributed by atoms with Gasteiger partial charge in [0.2, 0.25) is 0 Å². The molecule has 1 atom stereocenters. The molecule has 0 spiro atoms. The van der Waals surface area contributed by atoms with Crippen molar-refractivity contribution in [3.63, 3.8) is 0 Å². The molecule has 1 saturated carbocycles. The van der Waals surface area contributed by atoms with Crippen LogP contribution >= 0.6 is 17.2 Å². The summed E-state index contributed by atoms with van der Waals surface area (Å²) >= 11 is 0. The summed E-state index contributed by atoms with van der Waals surface area (Å²) in [6.07, 6.45) is 4.39. The van der Waals surface area contributed by atoms with E-state index in [1.54, 1.807) is 0 Å². The molecule has 0 radical (unpaired) electrons. The first kappa shape index (κ1) is 22.5. The van der Waals surface area contributed by atoms with E-state index in [0.717, 1.165) is 25.7 Å². The van der Waals surface area contributed by atoms with E-state index in [2.05, 4.69) is 4.31 Å². The van der Waals surface area contributed by atoms with Crippen molar-refractivity contribution in [3.8, 4) is 0 Å². The molecule has 0 aromatic heterocycles. The maximum Gasteiger partial charge on any atom is 0.334 e. The molecule has 1 aliphatic rings. The van der Waals surface area contributed by atoms with Crippen LogP contribution in [0.3, 0.4) is 0 Å². The Bertz CT molecular complexity index is 256. The second-order valence-corrected chi connectivity index (χ2v) is 6.93. The molecule has 9 nitrogen and oxygen atoms in total. The topological polar surface area (TPSA) is 171 Å². The molecule has 1 aliphatic carbocycles. The first-order valence-electron chi connectivity index (χ1n) is 6.87. The summed E-state index contributed by atoms with van der Waals surface area (Å²) in [5, 5.41) is 37.7. The highest BCUT2D eigenvalue weighted by Crippen LogP contribution is 2.41. The smallest absolute Gasteiger partial charge is 0.334 e. The molecule has 8 N–H and O–H groups in total. The number of hydrogen-bond acceptors (Lipinski definition) is 9. The van der Waals surface area contributed by atoms with Gasteiger partial charge in [-0.05, 0) is 18.8 Å². The summed E-state index contributed by atoms with van der Waals surface area (Å²) in [6, 6.07) is 0. The summed E-state index contributed by atoms with van der Waals surface area (Å²) in [7, 11) is -5.22. The van der Waals surface area contributed by atoms with Crippen molar-refractivity contribution in [2.45, 2.75) is 38.2 Å². The third kappa shape index (κ3) is 7.86. The molecule has 22 heavy (non-hydrogen) atoms. The van der Waals surface area contributed by atoms with Crippen molar-refractivity contribution in [2.75, 3.05) is 19.8 Å². The van der Waals surface area contributed by atoms with Gasteiger partial charge in [-0.1, -0.05) is 19.3 Å². The zero-order chi connectivity index (χ0) is 17.2. The van der Waals surface area contributed by atoms with Crippen molar-refractivity contribution >= 4 is 17.2 Å². The van der Waals surface area contributed by atoms with Crippen LogP contribution in [-0.4, -0.2) is 65.9 Å². The Labute approximate surface area is 131 Å². The van der Waals surface area contributed by atoms with Crippen molar-refractivity contribution < 1.29 is 44.3 Å². The normalized spacial score (nSPS) is 18.3. The van der Waals surface area contributed by atoms with Gasteiger partial charge < -0.3 is 40.0 Å². The Morgan fingerprint density at radius 1 is 0.864 bits per heavy atom. The molecule has 0 aromatic rings. The SMILES string of the molecule is OCC(CO)(CO)C(O)C1CCCCC1.OP(O)OP(O)O. The molecule has 0 amide bonds. The molecular formula is C11H26O9P2. The largest absolute Gasteiger partial charge is 0.396 e. The minimum Gasteiger partial charge on any atom is -0.396 e. The highest BCUT2D eigenvalue weighted by Gasteiger charge is 2.41. The lowest BCUT2D eigenvalue weighted by Crippen LogP contribution is -2.49. The van der Waals surface area contributed by atoms with E-state index in [-0.39, 0.29) is 25.7 Å². The molecule has 0 aliphatic heterocycles. The van der Waals surface area contributed by atoms with Crippen LogP contribution < -0.4 is 0 Å². The predicted octanol–water partition coefficient (Wildman–Crippen LogP) is -0.683. The average molecular weight is 364 g/mol. The Morgan fingerprint density at radius 3 is 1.55 bits per heavy atom. The van der Waals surface area contributed by atoms with Crippen LogP contribution in [0.4, 0.5) is 0 Å². The van der Waals surface area contributed by atoms with Crippen LogP contribution in [0.25, 0.3) is 0 Å². The summed E-state index contributed by atoms with van der Waals surface area (Å²) in [4.78, 5) is 31.3. The minimum atomic E-state index is -2.61. The van der Waals surface area contributed by atoms with Crippen LogP contribution in [0.5, 0.6) is 0 Å².